The van der Waals surface area contributed by atoms with E-state index in [1.54, 1.807) is 6.07 Å². The summed E-state index contributed by atoms with van der Waals surface area (Å²) in [5, 5.41) is 6.68. The van der Waals surface area contributed by atoms with Crippen LogP contribution in [0.25, 0.3) is 0 Å². The number of rotatable bonds is 7. The second kappa shape index (κ2) is 7.06. The van der Waals surface area contributed by atoms with E-state index in [1.807, 2.05) is 0 Å². The number of hydrogen-bond acceptors (Lipinski definition) is 4. The maximum Gasteiger partial charge on any atom is 0.289 e. The molecule has 5 nitrogen and oxygen atoms in total. The van der Waals surface area contributed by atoms with Crippen molar-refractivity contribution in [2.75, 3.05) is 13.1 Å². The Bertz CT molecular complexity index is 345. The molecule has 0 atom stereocenters. The third-order valence-corrected chi connectivity index (χ3v) is 2.82. The highest BCUT2D eigenvalue weighted by Gasteiger charge is 2.16. The van der Waals surface area contributed by atoms with Crippen molar-refractivity contribution in [3.05, 3.63) is 17.5 Å². The molecule has 0 aliphatic rings. The van der Waals surface area contributed by atoms with Gasteiger partial charge in [0.15, 0.2) is 0 Å². The van der Waals surface area contributed by atoms with Crippen LogP contribution in [0.3, 0.4) is 0 Å². The molecule has 0 fully saturated rings. The highest BCUT2D eigenvalue weighted by Crippen LogP contribution is 2.22. The van der Waals surface area contributed by atoms with E-state index in [1.165, 1.54) is 0 Å². The zero-order valence-corrected chi connectivity index (χ0v) is 10.5. The van der Waals surface area contributed by atoms with Gasteiger partial charge in [-0.05, 0) is 25.8 Å². The molecular weight excluding hydrogens is 218 g/mol. The van der Waals surface area contributed by atoms with Crippen molar-refractivity contribution >= 4 is 5.91 Å². The van der Waals surface area contributed by atoms with Crippen LogP contribution in [0.1, 0.15) is 55.3 Å². The van der Waals surface area contributed by atoms with E-state index >= 15 is 0 Å². The first-order valence-electron chi connectivity index (χ1n) is 6.17. The van der Waals surface area contributed by atoms with Crippen molar-refractivity contribution < 1.29 is 9.32 Å². The normalized spacial score (nSPS) is 10.8. The van der Waals surface area contributed by atoms with Crippen LogP contribution >= 0.6 is 0 Å². The van der Waals surface area contributed by atoms with Crippen LogP contribution in [0.5, 0.6) is 0 Å². The molecule has 0 unspecified atom stereocenters. The molecular formula is C12H21N3O2. The van der Waals surface area contributed by atoms with E-state index in [9.17, 15) is 4.79 Å². The first-order chi connectivity index (χ1) is 8.22. The maximum atomic E-state index is 11.6. The molecule has 0 saturated heterocycles. The van der Waals surface area contributed by atoms with E-state index in [0.717, 1.165) is 25.0 Å². The summed E-state index contributed by atoms with van der Waals surface area (Å²) in [6.07, 6.45) is 2.76. The summed E-state index contributed by atoms with van der Waals surface area (Å²) in [7, 11) is 0. The minimum atomic E-state index is -0.219. The van der Waals surface area contributed by atoms with Crippen molar-refractivity contribution in [3.8, 4) is 0 Å². The first kappa shape index (κ1) is 13.7. The molecule has 1 aromatic heterocycles. The third-order valence-electron chi connectivity index (χ3n) is 2.82. The highest BCUT2D eigenvalue weighted by molar-refractivity contribution is 5.91. The molecule has 1 amide bonds. The molecule has 0 aliphatic heterocycles. The highest BCUT2D eigenvalue weighted by atomic mass is 16.5. The fourth-order valence-corrected chi connectivity index (χ4v) is 1.69. The van der Waals surface area contributed by atoms with Crippen LogP contribution in [0.15, 0.2) is 10.6 Å². The van der Waals surface area contributed by atoms with E-state index in [4.69, 9.17) is 10.3 Å². The largest absolute Gasteiger partial charge is 0.351 e. The number of nitrogens with two attached hydrogens (primary N) is 1. The molecule has 0 aromatic carbocycles. The minimum Gasteiger partial charge on any atom is -0.351 e. The minimum absolute atomic E-state index is 0.219. The van der Waals surface area contributed by atoms with Crippen LogP contribution in [0, 0.1) is 0 Å². The van der Waals surface area contributed by atoms with Gasteiger partial charge in [-0.15, -0.1) is 0 Å². The van der Waals surface area contributed by atoms with Crippen molar-refractivity contribution in [3.63, 3.8) is 0 Å². The second-order valence-corrected chi connectivity index (χ2v) is 4.03. The Labute approximate surface area is 102 Å². The van der Waals surface area contributed by atoms with Gasteiger partial charge in [-0.2, -0.15) is 0 Å². The Morgan fingerprint density at radius 3 is 2.82 bits per heavy atom. The van der Waals surface area contributed by atoms with E-state index in [-0.39, 0.29) is 11.7 Å². The van der Waals surface area contributed by atoms with Gasteiger partial charge >= 0.3 is 0 Å². The lowest BCUT2D eigenvalue weighted by Crippen LogP contribution is -2.25. The van der Waals surface area contributed by atoms with Crippen LogP contribution in [0.4, 0.5) is 0 Å². The summed E-state index contributed by atoms with van der Waals surface area (Å²) in [4.78, 5) is 11.6. The lowest BCUT2D eigenvalue weighted by molar-refractivity contribution is 0.0916. The summed E-state index contributed by atoms with van der Waals surface area (Å²) in [6.45, 7) is 5.33. The Morgan fingerprint density at radius 2 is 2.24 bits per heavy atom. The number of amides is 1. The number of carbonyl (C=O) groups excluding carboxylic acids is 1. The number of nitrogens with zero attached hydrogens (tertiary/aromatic N) is 1. The average molecular weight is 239 g/mol. The maximum absolute atomic E-state index is 11.6. The Morgan fingerprint density at radius 1 is 1.53 bits per heavy atom. The topological polar surface area (TPSA) is 81.2 Å². The van der Waals surface area contributed by atoms with Crippen molar-refractivity contribution in [2.45, 2.75) is 39.0 Å². The Hall–Kier alpha value is -1.36. The van der Waals surface area contributed by atoms with Gasteiger partial charge in [0.05, 0.1) is 5.69 Å². The smallest absolute Gasteiger partial charge is 0.289 e. The SMILES string of the molecule is CCC(CC)c1cc(C(=O)NCCCN)on1. The summed E-state index contributed by atoms with van der Waals surface area (Å²) >= 11 is 0. The molecule has 0 saturated carbocycles. The molecule has 3 N–H and O–H groups in total. The second-order valence-electron chi connectivity index (χ2n) is 4.03. The predicted molar refractivity (Wildman–Crippen MR) is 65.8 cm³/mol. The van der Waals surface area contributed by atoms with Gasteiger partial charge < -0.3 is 15.6 Å². The van der Waals surface area contributed by atoms with Crippen molar-refractivity contribution in [1.82, 2.24) is 10.5 Å². The van der Waals surface area contributed by atoms with Crippen LogP contribution in [0.2, 0.25) is 0 Å². The lowest BCUT2D eigenvalue weighted by atomic mass is 9.99. The van der Waals surface area contributed by atoms with Crippen molar-refractivity contribution in [1.29, 1.82) is 0 Å². The fraction of sp³-hybridized carbons (Fsp3) is 0.667. The summed E-state index contributed by atoms with van der Waals surface area (Å²) in [5.74, 6) is 0.427. The summed E-state index contributed by atoms with van der Waals surface area (Å²) in [5.41, 5.74) is 6.21. The van der Waals surface area contributed by atoms with E-state index in [0.29, 0.717) is 19.0 Å². The van der Waals surface area contributed by atoms with Gasteiger partial charge in [0.2, 0.25) is 5.76 Å². The van der Waals surface area contributed by atoms with Gasteiger partial charge in [-0.25, -0.2) is 0 Å². The first-order valence-corrected chi connectivity index (χ1v) is 6.17. The molecule has 0 radical (unpaired) electrons. The van der Waals surface area contributed by atoms with Gasteiger partial charge in [-0.3, -0.25) is 4.79 Å². The predicted octanol–water partition coefficient (Wildman–Crippen LogP) is 1.66. The fourth-order valence-electron chi connectivity index (χ4n) is 1.69. The van der Waals surface area contributed by atoms with Crippen molar-refractivity contribution in [2.24, 2.45) is 5.73 Å². The molecule has 0 spiro atoms. The van der Waals surface area contributed by atoms with Gasteiger partial charge in [0.1, 0.15) is 0 Å². The molecule has 0 aliphatic carbocycles. The lowest BCUT2D eigenvalue weighted by Gasteiger charge is -2.05. The number of aromatic nitrogens is 1. The molecule has 17 heavy (non-hydrogen) atoms. The molecule has 1 heterocycles. The monoisotopic (exact) mass is 239 g/mol. The Kier molecular flexibility index (Phi) is 5.69. The number of nitrogens with one attached hydrogen (secondary N) is 1. The summed E-state index contributed by atoms with van der Waals surface area (Å²) in [6, 6.07) is 1.73. The standard InChI is InChI=1S/C12H21N3O2/c1-3-9(4-2)10-8-11(17-15-10)12(16)14-7-5-6-13/h8-9H,3-7,13H2,1-2H3,(H,14,16). The van der Waals surface area contributed by atoms with Gasteiger partial charge in [0.25, 0.3) is 5.91 Å². The molecule has 1 aromatic rings. The van der Waals surface area contributed by atoms with Gasteiger partial charge in [0, 0.05) is 18.5 Å². The zero-order valence-electron chi connectivity index (χ0n) is 10.5. The third kappa shape index (κ3) is 3.85. The molecule has 5 heteroatoms. The van der Waals surface area contributed by atoms with Crippen LogP contribution in [-0.4, -0.2) is 24.2 Å². The van der Waals surface area contributed by atoms with Crippen LogP contribution < -0.4 is 11.1 Å². The van der Waals surface area contributed by atoms with Crippen LogP contribution in [-0.2, 0) is 0 Å². The molecule has 1 rings (SSSR count). The summed E-state index contributed by atoms with van der Waals surface area (Å²) < 4.78 is 5.05. The van der Waals surface area contributed by atoms with E-state index < -0.39 is 0 Å². The Balaban J connectivity index is 2.57. The number of hydrogen-bond donors (Lipinski definition) is 2. The molecule has 0 bridgehead atoms. The van der Waals surface area contributed by atoms with E-state index in [2.05, 4.69) is 24.3 Å². The quantitative estimate of drug-likeness (QED) is 0.709. The number of carbonyl (C=O) groups is 1. The molecule has 96 valence electrons. The zero-order chi connectivity index (χ0) is 12.7. The van der Waals surface area contributed by atoms with Gasteiger partial charge in [-0.1, -0.05) is 19.0 Å². The average Bonchev–Trinajstić information content (AvgIpc) is 2.80.